The van der Waals surface area contributed by atoms with Crippen molar-refractivity contribution < 1.29 is 23.0 Å². The van der Waals surface area contributed by atoms with Crippen molar-refractivity contribution in [1.82, 2.24) is 10.6 Å². The molecule has 0 bridgehead atoms. The van der Waals surface area contributed by atoms with E-state index in [9.17, 15) is 13.6 Å². The first kappa shape index (κ1) is 27.6. The molecule has 0 saturated carbocycles. The van der Waals surface area contributed by atoms with Crippen LogP contribution in [0.4, 0.5) is 13.6 Å². The molecule has 0 radical (unpaired) electrons. The molecule has 188 valence electrons. The standard InChI is InChI=1S/C25H32F2N2O3.C2H6/c1-16-5-6-23-21(11-16)22(8-10-31-23)28-9-7-20(29-24(30)32-25(2,3)4)14-17-12-18(26)15-19(27)13-17;1-2/h5-6,11-13,15,20,22,28H,7-10,14H2,1-4H3,(H,29,30);1-2H3. The highest BCUT2D eigenvalue weighted by molar-refractivity contribution is 5.68. The molecule has 3 rings (SSSR count). The summed E-state index contributed by atoms with van der Waals surface area (Å²) < 4.78 is 38.4. The number of amides is 1. The summed E-state index contributed by atoms with van der Waals surface area (Å²) in [6.07, 6.45) is 1.15. The zero-order chi connectivity index (χ0) is 25.3. The highest BCUT2D eigenvalue weighted by atomic mass is 19.1. The van der Waals surface area contributed by atoms with Crippen LogP contribution in [0.3, 0.4) is 0 Å². The van der Waals surface area contributed by atoms with Crippen LogP contribution in [0.2, 0.25) is 0 Å². The summed E-state index contributed by atoms with van der Waals surface area (Å²) in [4.78, 5) is 12.3. The normalized spacial score (nSPS) is 15.8. The first-order valence-corrected chi connectivity index (χ1v) is 12.0. The monoisotopic (exact) mass is 476 g/mol. The number of hydrogen-bond acceptors (Lipinski definition) is 4. The van der Waals surface area contributed by atoms with E-state index in [0.29, 0.717) is 31.6 Å². The summed E-state index contributed by atoms with van der Waals surface area (Å²) in [6, 6.07) is 9.35. The molecule has 7 heteroatoms. The van der Waals surface area contributed by atoms with Crippen molar-refractivity contribution in [3.05, 3.63) is 64.7 Å². The fourth-order valence-electron chi connectivity index (χ4n) is 3.87. The van der Waals surface area contributed by atoms with Crippen LogP contribution >= 0.6 is 0 Å². The summed E-state index contributed by atoms with van der Waals surface area (Å²) in [6.45, 7) is 12.7. The molecular formula is C27H38F2N2O3. The van der Waals surface area contributed by atoms with Gasteiger partial charge < -0.3 is 20.1 Å². The minimum absolute atomic E-state index is 0.146. The number of benzene rings is 2. The van der Waals surface area contributed by atoms with Crippen LogP contribution in [0.15, 0.2) is 36.4 Å². The number of carbonyl (C=O) groups is 1. The van der Waals surface area contributed by atoms with Crippen molar-refractivity contribution in [1.29, 1.82) is 0 Å². The largest absolute Gasteiger partial charge is 0.493 e. The van der Waals surface area contributed by atoms with Gasteiger partial charge in [-0.1, -0.05) is 31.5 Å². The lowest BCUT2D eigenvalue weighted by Crippen LogP contribution is -2.42. The molecule has 2 aromatic carbocycles. The predicted octanol–water partition coefficient (Wildman–Crippen LogP) is 6.24. The Morgan fingerprint density at radius 1 is 1.15 bits per heavy atom. The van der Waals surface area contributed by atoms with E-state index in [1.54, 1.807) is 20.8 Å². The maximum absolute atomic E-state index is 13.7. The van der Waals surface area contributed by atoms with Crippen molar-refractivity contribution >= 4 is 6.09 Å². The van der Waals surface area contributed by atoms with E-state index in [1.165, 1.54) is 17.7 Å². The number of nitrogens with one attached hydrogen (secondary N) is 2. The van der Waals surface area contributed by atoms with Gasteiger partial charge in [-0.15, -0.1) is 0 Å². The van der Waals surface area contributed by atoms with Gasteiger partial charge in [-0.2, -0.15) is 0 Å². The van der Waals surface area contributed by atoms with E-state index < -0.39 is 23.3 Å². The Morgan fingerprint density at radius 2 is 1.82 bits per heavy atom. The number of halogens is 2. The third kappa shape index (κ3) is 8.93. The van der Waals surface area contributed by atoms with Gasteiger partial charge in [0.25, 0.3) is 0 Å². The topological polar surface area (TPSA) is 59.6 Å². The Kier molecular flexibility index (Phi) is 10.3. The van der Waals surface area contributed by atoms with E-state index in [2.05, 4.69) is 16.7 Å². The van der Waals surface area contributed by atoms with Crippen molar-refractivity contribution in [3.8, 4) is 5.75 Å². The minimum Gasteiger partial charge on any atom is -0.493 e. The number of rotatable bonds is 7. The molecule has 2 unspecified atom stereocenters. The smallest absolute Gasteiger partial charge is 0.407 e. The second kappa shape index (κ2) is 12.7. The van der Waals surface area contributed by atoms with E-state index in [0.717, 1.165) is 23.8 Å². The Labute approximate surface area is 202 Å². The Hall–Kier alpha value is -2.67. The summed E-state index contributed by atoms with van der Waals surface area (Å²) in [7, 11) is 0. The SMILES string of the molecule is CC.Cc1ccc2c(c1)C(NCCC(Cc1cc(F)cc(F)c1)NC(=O)OC(C)(C)C)CCO2. The summed E-state index contributed by atoms with van der Waals surface area (Å²) in [5.41, 5.74) is 2.14. The Morgan fingerprint density at radius 3 is 2.47 bits per heavy atom. The predicted molar refractivity (Wildman–Crippen MR) is 131 cm³/mol. The van der Waals surface area contributed by atoms with Crippen molar-refractivity contribution in [2.24, 2.45) is 0 Å². The summed E-state index contributed by atoms with van der Waals surface area (Å²) >= 11 is 0. The molecule has 0 aliphatic carbocycles. The molecule has 1 amide bonds. The van der Waals surface area contributed by atoms with Crippen molar-refractivity contribution in [2.45, 2.75) is 78.5 Å². The van der Waals surface area contributed by atoms with E-state index in [-0.39, 0.29) is 12.1 Å². The number of ether oxygens (including phenoxy) is 2. The van der Waals surface area contributed by atoms with Gasteiger partial charge in [0.1, 0.15) is 23.0 Å². The first-order valence-electron chi connectivity index (χ1n) is 12.0. The van der Waals surface area contributed by atoms with Crippen LogP contribution in [0.1, 0.15) is 70.2 Å². The van der Waals surface area contributed by atoms with Crippen LogP contribution < -0.4 is 15.4 Å². The van der Waals surface area contributed by atoms with Crippen LogP contribution in [0, 0.1) is 18.6 Å². The lowest BCUT2D eigenvalue weighted by atomic mass is 9.98. The zero-order valence-electron chi connectivity index (χ0n) is 21.1. The second-order valence-electron chi connectivity index (χ2n) is 9.30. The minimum atomic E-state index is -0.637. The summed E-state index contributed by atoms with van der Waals surface area (Å²) in [5, 5.41) is 6.40. The number of hydrogen-bond donors (Lipinski definition) is 2. The molecule has 0 fully saturated rings. The molecule has 0 aromatic heterocycles. The highest BCUT2D eigenvalue weighted by Gasteiger charge is 2.23. The number of fused-ring (bicyclic) bond motifs is 1. The number of alkyl carbamates (subject to hydrolysis) is 1. The van der Waals surface area contributed by atoms with Gasteiger partial charge in [0, 0.05) is 30.1 Å². The van der Waals surface area contributed by atoms with Gasteiger partial charge in [0.2, 0.25) is 0 Å². The fraction of sp³-hybridized carbons (Fsp3) is 0.519. The molecule has 34 heavy (non-hydrogen) atoms. The highest BCUT2D eigenvalue weighted by Crippen LogP contribution is 2.32. The fourth-order valence-corrected chi connectivity index (χ4v) is 3.87. The molecule has 1 aliphatic rings. The van der Waals surface area contributed by atoms with Crippen LogP contribution in [-0.2, 0) is 11.2 Å². The van der Waals surface area contributed by atoms with Gasteiger partial charge in [0.15, 0.2) is 0 Å². The lowest BCUT2D eigenvalue weighted by molar-refractivity contribution is 0.0501. The first-order chi connectivity index (χ1) is 16.1. The maximum atomic E-state index is 13.7. The van der Waals surface area contributed by atoms with Gasteiger partial charge >= 0.3 is 6.09 Å². The van der Waals surface area contributed by atoms with Crippen molar-refractivity contribution in [2.75, 3.05) is 13.2 Å². The average molecular weight is 477 g/mol. The molecule has 2 N–H and O–H groups in total. The van der Waals surface area contributed by atoms with Gasteiger partial charge in [-0.05, 0) is 70.8 Å². The molecule has 1 aliphatic heterocycles. The zero-order valence-corrected chi connectivity index (χ0v) is 21.1. The van der Waals surface area contributed by atoms with E-state index >= 15 is 0 Å². The second-order valence-corrected chi connectivity index (χ2v) is 9.30. The molecule has 2 atom stereocenters. The van der Waals surface area contributed by atoms with Crippen LogP contribution in [-0.4, -0.2) is 30.9 Å². The molecular weight excluding hydrogens is 438 g/mol. The van der Waals surface area contributed by atoms with Gasteiger partial charge in [0.05, 0.1) is 6.61 Å². The quantitative estimate of drug-likeness (QED) is 0.497. The lowest BCUT2D eigenvalue weighted by Gasteiger charge is -2.28. The third-order valence-corrected chi connectivity index (χ3v) is 5.21. The van der Waals surface area contributed by atoms with Crippen LogP contribution in [0.25, 0.3) is 0 Å². The van der Waals surface area contributed by atoms with Gasteiger partial charge in [-0.3, -0.25) is 0 Å². The molecule has 1 heterocycles. The van der Waals surface area contributed by atoms with Gasteiger partial charge in [-0.25, -0.2) is 13.6 Å². The van der Waals surface area contributed by atoms with Crippen LogP contribution in [0.5, 0.6) is 5.75 Å². The molecule has 2 aromatic rings. The molecule has 0 saturated heterocycles. The Balaban J connectivity index is 0.00000199. The molecule has 5 nitrogen and oxygen atoms in total. The van der Waals surface area contributed by atoms with E-state index in [1.807, 2.05) is 32.9 Å². The van der Waals surface area contributed by atoms with E-state index in [4.69, 9.17) is 9.47 Å². The third-order valence-electron chi connectivity index (χ3n) is 5.21. The van der Waals surface area contributed by atoms with Crippen molar-refractivity contribution in [3.63, 3.8) is 0 Å². The summed E-state index contributed by atoms with van der Waals surface area (Å²) in [5.74, 6) is -0.385. The maximum Gasteiger partial charge on any atom is 0.407 e. The number of carbonyl (C=O) groups excluding carboxylic acids is 1. The molecule has 0 spiro atoms. The average Bonchev–Trinajstić information content (AvgIpc) is 2.73. The Bertz CT molecular complexity index is 924. The number of aryl methyl sites for hydroxylation is 1.